The zero-order valence-corrected chi connectivity index (χ0v) is 17.2. The van der Waals surface area contributed by atoms with E-state index < -0.39 is 5.91 Å². The van der Waals surface area contributed by atoms with Crippen molar-refractivity contribution < 1.29 is 9.59 Å². The van der Waals surface area contributed by atoms with Crippen molar-refractivity contribution in [3.8, 4) is 0 Å². The van der Waals surface area contributed by atoms with Crippen molar-refractivity contribution in [1.29, 1.82) is 0 Å². The number of carbonyl (C=O) groups is 2. The molecule has 0 saturated heterocycles. The molecule has 0 aliphatic rings. The maximum atomic E-state index is 12.3. The van der Waals surface area contributed by atoms with E-state index in [2.05, 4.69) is 15.3 Å². The first-order valence-electron chi connectivity index (χ1n) is 9.59. The first kappa shape index (κ1) is 20.4. The number of aromatic amines is 1. The molecule has 31 heavy (non-hydrogen) atoms. The number of fused-ring (bicyclic) bond motifs is 1. The molecule has 0 atom stereocenters. The van der Waals surface area contributed by atoms with Gasteiger partial charge in [-0.25, -0.2) is 4.98 Å². The molecule has 2 heterocycles. The molecule has 0 spiro atoms. The average Bonchev–Trinajstić information content (AvgIpc) is 3.14. The Balaban J connectivity index is 1.56. The number of primary amides is 1. The molecule has 2 aromatic heterocycles. The van der Waals surface area contributed by atoms with Gasteiger partial charge in [0.2, 0.25) is 11.8 Å². The molecular formula is C24H19ClN4O2. The van der Waals surface area contributed by atoms with Crippen LogP contribution in [0, 0.1) is 0 Å². The third-order valence-corrected chi connectivity index (χ3v) is 4.98. The summed E-state index contributed by atoms with van der Waals surface area (Å²) in [5.74, 6) is -0.283. The summed E-state index contributed by atoms with van der Waals surface area (Å²) in [5.41, 5.74) is 8.91. The SMILES string of the molecule is NC(=O)/C(=C/c1c[nH]c2nc(NC(=O)Cc3cccc(Cl)c3)ccc12)c1ccccc1. The largest absolute Gasteiger partial charge is 0.366 e. The van der Waals surface area contributed by atoms with E-state index >= 15 is 0 Å². The van der Waals surface area contributed by atoms with Gasteiger partial charge in [0.15, 0.2) is 0 Å². The van der Waals surface area contributed by atoms with Gasteiger partial charge in [-0.3, -0.25) is 9.59 Å². The Bertz CT molecular complexity index is 1300. The van der Waals surface area contributed by atoms with Gasteiger partial charge in [-0.1, -0.05) is 54.1 Å². The average molecular weight is 431 g/mol. The molecule has 0 fully saturated rings. The van der Waals surface area contributed by atoms with Crippen molar-refractivity contribution in [2.75, 3.05) is 5.32 Å². The van der Waals surface area contributed by atoms with Crippen LogP contribution in [-0.2, 0) is 16.0 Å². The van der Waals surface area contributed by atoms with E-state index in [1.165, 1.54) is 0 Å². The highest BCUT2D eigenvalue weighted by atomic mass is 35.5. The smallest absolute Gasteiger partial charge is 0.249 e. The van der Waals surface area contributed by atoms with Crippen molar-refractivity contribution >= 4 is 51.9 Å². The predicted molar refractivity (Wildman–Crippen MR) is 123 cm³/mol. The molecule has 4 aromatic rings. The normalized spacial score (nSPS) is 11.5. The lowest BCUT2D eigenvalue weighted by Gasteiger charge is -2.06. The van der Waals surface area contributed by atoms with Crippen LogP contribution in [0.1, 0.15) is 16.7 Å². The number of nitrogens with two attached hydrogens (primary N) is 1. The van der Waals surface area contributed by atoms with Crippen molar-refractivity contribution in [3.05, 3.63) is 94.6 Å². The molecule has 2 aromatic carbocycles. The Hall–Kier alpha value is -3.90. The lowest BCUT2D eigenvalue weighted by atomic mass is 10.0. The van der Waals surface area contributed by atoms with E-state index in [-0.39, 0.29) is 12.3 Å². The number of rotatable bonds is 6. The number of carbonyl (C=O) groups excluding carboxylic acids is 2. The van der Waals surface area contributed by atoms with Gasteiger partial charge in [0.25, 0.3) is 0 Å². The summed E-state index contributed by atoms with van der Waals surface area (Å²) in [7, 11) is 0. The zero-order valence-electron chi connectivity index (χ0n) is 16.4. The Labute approximate surface area is 183 Å². The molecule has 0 saturated carbocycles. The zero-order chi connectivity index (χ0) is 21.8. The van der Waals surface area contributed by atoms with E-state index in [1.807, 2.05) is 42.5 Å². The maximum absolute atomic E-state index is 12.3. The Kier molecular flexibility index (Phi) is 5.82. The lowest BCUT2D eigenvalue weighted by molar-refractivity contribution is -0.115. The van der Waals surface area contributed by atoms with Crippen LogP contribution in [-0.4, -0.2) is 21.8 Å². The molecule has 0 aliphatic carbocycles. The van der Waals surface area contributed by atoms with Gasteiger partial charge in [-0.2, -0.15) is 0 Å². The van der Waals surface area contributed by atoms with Crippen LogP contribution in [0.5, 0.6) is 0 Å². The van der Waals surface area contributed by atoms with E-state index in [1.54, 1.807) is 36.5 Å². The summed E-state index contributed by atoms with van der Waals surface area (Å²) in [5, 5.41) is 4.19. The van der Waals surface area contributed by atoms with E-state index in [4.69, 9.17) is 17.3 Å². The third kappa shape index (κ3) is 4.82. The van der Waals surface area contributed by atoms with Crippen LogP contribution < -0.4 is 11.1 Å². The summed E-state index contributed by atoms with van der Waals surface area (Å²) in [6, 6.07) is 19.9. The number of hydrogen-bond donors (Lipinski definition) is 3. The number of anilines is 1. The summed E-state index contributed by atoms with van der Waals surface area (Å²) in [6.45, 7) is 0. The van der Waals surface area contributed by atoms with Gasteiger partial charge in [0.1, 0.15) is 11.5 Å². The summed E-state index contributed by atoms with van der Waals surface area (Å²) in [4.78, 5) is 31.9. The number of hydrogen-bond acceptors (Lipinski definition) is 3. The fourth-order valence-corrected chi connectivity index (χ4v) is 3.52. The van der Waals surface area contributed by atoms with Gasteiger partial charge < -0.3 is 16.0 Å². The quantitative estimate of drug-likeness (QED) is 0.394. The molecule has 0 bridgehead atoms. The number of halogens is 1. The van der Waals surface area contributed by atoms with Gasteiger partial charge in [0, 0.05) is 27.7 Å². The highest BCUT2D eigenvalue weighted by Gasteiger charge is 2.12. The van der Waals surface area contributed by atoms with Crippen LogP contribution in [0.15, 0.2) is 72.9 Å². The number of nitrogens with one attached hydrogen (secondary N) is 2. The number of aromatic nitrogens is 2. The van der Waals surface area contributed by atoms with Gasteiger partial charge in [0.05, 0.1) is 6.42 Å². The Morgan fingerprint density at radius 1 is 1.06 bits per heavy atom. The fraction of sp³-hybridized carbons (Fsp3) is 0.0417. The molecular weight excluding hydrogens is 412 g/mol. The van der Waals surface area contributed by atoms with Crippen LogP contribution in [0.3, 0.4) is 0 Å². The molecule has 4 N–H and O–H groups in total. The molecule has 0 unspecified atom stereocenters. The summed E-state index contributed by atoms with van der Waals surface area (Å²) in [6.07, 6.45) is 3.68. The highest BCUT2D eigenvalue weighted by molar-refractivity contribution is 6.30. The van der Waals surface area contributed by atoms with Gasteiger partial charge in [-0.15, -0.1) is 0 Å². The standard InChI is InChI=1S/C24H19ClN4O2/c25-18-8-4-5-15(11-18)12-22(30)28-21-10-9-19-17(14-27-24(19)29-21)13-20(23(26)31)16-6-2-1-3-7-16/h1-11,13-14H,12H2,(H2,26,31)(H2,27,28,29,30)/b20-13+. The van der Waals surface area contributed by atoms with Crippen molar-refractivity contribution in [2.45, 2.75) is 6.42 Å². The number of pyridine rings is 1. The van der Waals surface area contributed by atoms with Crippen LogP contribution in [0.25, 0.3) is 22.7 Å². The van der Waals surface area contributed by atoms with E-state index in [9.17, 15) is 9.59 Å². The first-order chi connectivity index (χ1) is 15.0. The third-order valence-electron chi connectivity index (χ3n) is 4.74. The minimum atomic E-state index is -0.515. The van der Waals surface area contributed by atoms with Crippen LogP contribution >= 0.6 is 11.6 Å². The van der Waals surface area contributed by atoms with E-state index in [0.29, 0.717) is 22.1 Å². The lowest BCUT2D eigenvalue weighted by Crippen LogP contribution is -2.15. The molecule has 0 aliphatic heterocycles. The Morgan fingerprint density at radius 2 is 1.87 bits per heavy atom. The van der Waals surface area contributed by atoms with Crippen molar-refractivity contribution in [1.82, 2.24) is 9.97 Å². The molecule has 7 heteroatoms. The minimum absolute atomic E-state index is 0.192. The maximum Gasteiger partial charge on any atom is 0.249 e. The second-order valence-corrected chi connectivity index (χ2v) is 7.42. The van der Waals surface area contributed by atoms with Gasteiger partial charge >= 0.3 is 0 Å². The molecule has 6 nitrogen and oxygen atoms in total. The van der Waals surface area contributed by atoms with Crippen LogP contribution in [0.2, 0.25) is 5.02 Å². The number of nitrogens with zero attached hydrogens (tertiary/aromatic N) is 1. The second kappa shape index (κ2) is 8.85. The molecule has 4 rings (SSSR count). The van der Waals surface area contributed by atoms with E-state index in [0.717, 1.165) is 22.1 Å². The fourth-order valence-electron chi connectivity index (χ4n) is 3.30. The predicted octanol–water partition coefficient (Wildman–Crippen LogP) is 4.42. The van der Waals surface area contributed by atoms with Crippen LogP contribution in [0.4, 0.5) is 5.82 Å². The molecule has 0 radical (unpaired) electrons. The second-order valence-electron chi connectivity index (χ2n) is 6.98. The summed E-state index contributed by atoms with van der Waals surface area (Å²) < 4.78 is 0. The monoisotopic (exact) mass is 430 g/mol. The summed E-state index contributed by atoms with van der Waals surface area (Å²) >= 11 is 5.97. The highest BCUT2D eigenvalue weighted by Crippen LogP contribution is 2.24. The number of amides is 2. The Morgan fingerprint density at radius 3 is 2.61 bits per heavy atom. The first-order valence-corrected chi connectivity index (χ1v) is 9.97. The minimum Gasteiger partial charge on any atom is -0.366 e. The van der Waals surface area contributed by atoms with Gasteiger partial charge in [-0.05, 0) is 41.5 Å². The molecule has 2 amide bonds. The number of benzene rings is 2. The van der Waals surface area contributed by atoms with Crippen molar-refractivity contribution in [3.63, 3.8) is 0 Å². The molecule has 154 valence electrons. The topological polar surface area (TPSA) is 101 Å². The number of H-pyrrole nitrogens is 1. The van der Waals surface area contributed by atoms with Crippen molar-refractivity contribution in [2.24, 2.45) is 5.73 Å².